The number of allylic oxidation sites excluding steroid dienone is 2. The average Bonchev–Trinajstić information content (AvgIpc) is 1.73. The number of aromatic amines is 2. The van der Waals surface area contributed by atoms with Gasteiger partial charge < -0.3 is 36.3 Å². The molecule has 0 saturated heterocycles. The number of nitrogens with zero attached hydrogens (tertiary/aromatic N) is 6. The summed E-state index contributed by atoms with van der Waals surface area (Å²) in [6.07, 6.45) is 4.87. The number of aromatic nitrogens is 8. The minimum absolute atomic E-state index is 0.0625. The minimum atomic E-state index is -0.244. The van der Waals surface area contributed by atoms with Crippen LogP contribution in [-0.2, 0) is 30.5 Å². The summed E-state index contributed by atoms with van der Waals surface area (Å²) in [5.74, 6) is 2.23. The topological polar surface area (TPSA) is 194 Å². The van der Waals surface area contributed by atoms with Gasteiger partial charge in [0, 0.05) is 76.1 Å². The number of carbonyl (C=O) groups is 1. The number of hydrogen-bond acceptors (Lipinski definition) is 12. The number of hydrogen-bond donors (Lipinski definition) is 7. The van der Waals surface area contributed by atoms with Gasteiger partial charge in [-0.15, -0.1) is 0 Å². The summed E-state index contributed by atoms with van der Waals surface area (Å²) in [4.78, 5) is 51.1. The molecule has 426 valence electrons. The Morgan fingerprint density at radius 2 is 0.667 bits per heavy atom. The molecule has 9 heterocycles. The molecule has 0 radical (unpaired) electrons. The highest BCUT2D eigenvalue weighted by Gasteiger charge is 2.42. The third-order valence-corrected chi connectivity index (χ3v) is 18.2. The van der Waals surface area contributed by atoms with Gasteiger partial charge in [0.1, 0.15) is 22.6 Å². The number of fused-ring (bicyclic) bond motifs is 24. The van der Waals surface area contributed by atoms with Gasteiger partial charge in [-0.3, -0.25) is 4.79 Å². The van der Waals surface area contributed by atoms with E-state index in [1.165, 1.54) is 86.7 Å². The summed E-state index contributed by atoms with van der Waals surface area (Å²) >= 11 is 0. The summed E-state index contributed by atoms with van der Waals surface area (Å²) in [6.45, 7) is 6.09. The van der Waals surface area contributed by atoms with Crippen molar-refractivity contribution in [2.75, 3.05) is 26.2 Å². The predicted octanol–water partition coefficient (Wildman–Crippen LogP) is 12.8. The Kier molecular flexibility index (Phi) is 13.1. The second kappa shape index (κ2) is 21.6. The van der Waals surface area contributed by atoms with Gasteiger partial charge in [-0.2, -0.15) is 0 Å². The molecular formula is C73H62N12O2. The van der Waals surface area contributed by atoms with Crippen LogP contribution in [0.5, 0.6) is 0 Å². The molecule has 4 atom stereocenters. The molecule has 17 rings (SSSR count). The Morgan fingerprint density at radius 3 is 0.989 bits per heavy atom. The van der Waals surface area contributed by atoms with Gasteiger partial charge in [-0.05, 0) is 106 Å². The maximum absolute atomic E-state index is 10.0. The number of aliphatic hydroxyl groups is 1. The first-order valence-corrected chi connectivity index (χ1v) is 30.3. The lowest BCUT2D eigenvalue weighted by Crippen LogP contribution is -2.40. The van der Waals surface area contributed by atoms with Crippen molar-refractivity contribution >= 4 is 49.9 Å². The van der Waals surface area contributed by atoms with Crippen LogP contribution in [0.25, 0.3) is 89.7 Å². The molecule has 6 aliphatic heterocycles. The number of rotatable bonds is 5. The van der Waals surface area contributed by atoms with E-state index in [0.29, 0.717) is 45.9 Å². The van der Waals surface area contributed by atoms with Crippen molar-refractivity contribution < 1.29 is 9.90 Å². The van der Waals surface area contributed by atoms with Gasteiger partial charge in [0.05, 0.1) is 29.9 Å². The third kappa shape index (κ3) is 9.05. The largest absolute Gasteiger partial charge is 0.512 e. The number of aliphatic hydroxyl groups excluding tert-OH is 1. The molecule has 0 saturated carbocycles. The molecule has 0 fully saturated rings. The summed E-state index contributed by atoms with van der Waals surface area (Å²) in [6, 6.07) is 60.3. The first-order chi connectivity index (χ1) is 42.8. The number of benzene rings is 8. The van der Waals surface area contributed by atoms with Gasteiger partial charge in [0.25, 0.3) is 0 Å². The van der Waals surface area contributed by atoms with E-state index in [9.17, 15) is 4.79 Å². The van der Waals surface area contributed by atoms with Crippen LogP contribution in [-0.4, -0.2) is 76.9 Å². The molecule has 3 aromatic heterocycles. The Balaban J connectivity index is 0.000000827. The zero-order valence-electron chi connectivity index (χ0n) is 48.2. The summed E-state index contributed by atoms with van der Waals surface area (Å²) in [7, 11) is 0. The predicted molar refractivity (Wildman–Crippen MR) is 343 cm³/mol. The highest BCUT2D eigenvalue weighted by molar-refractivity contribution is 6.11. The van der Waals surface area contributed by atoms with Gasteiger partial charge in [-0.1, -0.05) is 170 Å². The molecule has 14 nitrogen and oxygen atoms in total. The SMILES string of the molecule is CC(=O)/C=C(/C)O.c1ccc2c(c1)CCNC2c1c(C2NCCc3ccccc32)c(C2NCCc3ccccc32)c2c3nc4nc(nc5[nH]c(nc6nc(nc([nH]3)c2c1C1NCCc2ccccc21)-c1ccccc1-6)c1ccccc51)-c1ccccc1-4. The van der Waals surface area contributed by atoms with Gasteiger partial charge in [0.15, 0.2) is 29.1 Å². The van der Waals surface area contributed by atoms with E-state index < -0.39 is 0 Å². The fraction of sp³-hybridized carbons (Fsp3) is 0.192. The molecule has 87 heavy (non-hydrogen) atoms. The molecule has 0 amide bonds. The lowest BCUT2D eigenvalue weighted by molar-refractivity contribution is -0.112. The molecule has 4 unspecified atom stereocenters. The van der Waals surface area contributed by atoms with Crippen LogP contribution in [0.15, 0.2) is 182 Å². The van der Waals surface area contributed by atoms with E-state index in [2.05, 4.69) is 189 Å². The van der Waals surface area contributed by atoms with Gasteiger partial charge >= 0.3 is 0 Å². The van der Waals surface area contributed by atoms with Gasteiger partial charge in [-0.25, -0.2) is 29.9 Å². The van der Waals surface area contributed by atoms with Crippen LogP contribution >= 0.6 is 0 Å². The molecule has 6 aliphatic rings. The number of nitrogens with one attached hydrogen (secondary N) is 6. The number of H-pyrrole nitrogens is 2. The second-order valence-electron chi connectivity index (χ2n) is 23.4. The van der Waals surface area contributed by atoms with Crippen molar-refractivity contribution in [1.29, 1.82) is 0 Å². The smallest absolute Gasteiger partial charge is 0.164 e. The van der Waals surface area contributed by atoms with Crippen molar-refractivity contribution in [2.24, 2.45) is 0 Å². The standard InChI is InChI=1S/C68H54N12.C5H8O2/c1-5-19-41-37(15-1)29-33-69-57(41)51-52(58-42-20-6-2-16-38(42)30-34-70-58)54(60-44-22-8-4-18-40(44)32-36-72-60)56-55(53(51)59-43-21-7-3-17-39(43)31-35-71-59)67-78-65-49-27-13-11-25-47(49)63(76-65)74-61-45-23-9-10-24-46(45)62(73-61)75-64-48-26-12-14-28-50(48)66(77-64)79-68(56)80-67;1-4(6)3-5(2)7/h1-28,57-60,69-72H,29-36H2,(H2,73,74,75,76,77,78,79,80);3,6H,1-2H3/b;4-3-. The summed E-state index contributed by atoms with van der Waals surface area (Å²) in [5, 5.41) is 29.1. The highest BCUT2D eigenvalue weighted by Crippen LogP contribution is 2.53. The van der Waals surface area contributed by atoms with Crippen molar-refractivity contribution in [2.45, 2.75) is 63.7 Å². The Hall–Kier alpha value is -9.83. The fourth-order valence-electron chi connectivity index (χ4n) is 14.6. The van der Waals surface area contributed by atoms with Crippen LogP contribution in [0.2, 0.25) is 0 Å². The number of carbonyl (C=O) groups excluding carboxylic acids is 1. The zero-order chi connectivity index (χ0) is 58.3. The van der Waals surface area contributed by atoms with Crippen molar-refractivity contribution in [3.05, 3.63) is 248 Å². The molecule has 8 bridgehead atoms. The molecule has 0 aliphatic carbocycles. The molecule has 11 aromatic rings. The van der Waals surface area contributed by atoms with E-state index in [1.54, 1.807) is 0 Å². The first kappa shape index (κ1) is 52.7. The van der Waals surface area contributed by atoms with Crippen LogP contribution in [0.4, 0.5) is 0 Å². The van der Waals surface area contributed by atoms with Crippen LogP contribution < -0.4 is 21.3 Å². The van der Waals surface area contributed by atoms with Gasteiger partial charge in [0.2, 0.25) is 0 Å². The molecule has 8 aromatic carbocycles. The summed E-state index contributed by atoms with van der Waals surface area (Å²) in [5.41, 5.74) is 21.6. The quantitative estimate of drug-likeness (QED) is 0.0638. The van der Waals surface area contributed by atoms with E-state index in [0.717, 1.165) is 95.7 Å². The lowest BCUT2D eigenvalue weighted by Gasteiger charge is -2.41. The highest BCUT2D eigenvalue weighted by atomic mass is 16.3. The third-order valence-electron chi connectivity index (χ3n) is 18.2. The Labute approximate surface area is 502 Å². The van der Waals surface area contributed by atoms with Crippen LogP contribution in [0.3, 0.4) is 0 Å². The first-order valence-electron chi connectivity index (χ1n) is 30.3. The normalized spacial score (nSPS) is 18.3. The van der Waals surface area contributed by atoms with E-state index in [4.69, 9.17) is 35.0 Å². The van der Waals surface area contributed by atoms with Crippen molar-refractivity contribution in [1.82, 2.24) is 61.1 Å². The average molecular weight is 1140 g/mol. The Morgan fingerprint density at radius 1 is 0.379 bits per heavy atom. The zero-order valence-corrected chi connectivity index (χ0v) is 48.2. The monoisotopic (exact) mass is 1140 g/mol. The van der Waals surface area contributed by atoms with Crippen molar-refractivity contribution in [3.8, 4) is 45.6 Å². The van der Waals surface area contributed by atoms with E-state index in [1.807, 2.05) is 12.1 Å². The fourth-order valence-corrected chi connectivity index (χ4v) is 14.6. The van der Waals surface area contributed by atoms with Crippen LogP contribution in [0.1, 0.15) is 105 Å². The maximum Gasteiger partial charge on any atom is 0.164 e. The molecule has 0 spiro atoms. The maximum atomic E-state index is 10.0. The minimum Gasteiger partial charge on any atom is -0.512 e. The van der Waals surface area contributed by atoms with Crippen LogP contribution in [0, 0.1) is 0 Å². The van der Waals surface area contributed by atoms with E-state index in [-0.39, 0.29) is 35.7 Å². The molecular weight excluding hydrogens is 1080 g/mol. The lowest BCUT2D eigenvalue weighted by atomic mass is 9.72. The Bertz CT molecular complexity index is 4560. The molecule has 14 heteroatoms. The molecule has 7 N–H and O–H groups in total. The summed E-state index contributed by atoms with van der Waals surface area (Å²) < 4.78 is 0. The second-order valence-corrected chi connectivity index (χ2v) is 23.4. The number of ketones is 1. The van der Waals surface area contributed by atoms with E-state index >= 15 is 0 Å². The van der Waals surface area contributed by atoms with Crippen molar-refractivity contribution in [3.63, 3.8) is 0 Å².